The van der Waals surface area contributed by atoms with Gasteiger partial charge in [-0.15, -0.1) is 0 Å². The van der Waals surface area contributed by atoms with E-state index in [1.54, 1.807) is 0 Å². The molecule has 0 spiro atoms. The SMILES string of the molecule is CC(C)CC(N)C(=O)C1O[C@@H]1C. The first-order valence-corrected chi connectivity index (χ1v) is 4.47. The van der Waals surface area contributed by atoms with Gasteiger partial charge in [-0.25, -0.2) is 0 Å². The van der Waals surface area contributed by atoms with Crippen molar-refractivity contribution in [3.63, 3.8) is 0 Å². The molecule has 0 saturated carbocycles. The van der Waals surface area contributed by atoms with Gasteiger partial charge in [-0.05, 0) is 19.3 Å². The predicted molar refractivity (Wildman–Crippen MR) is 46.8 cm³/mol. The van der Waals surface area contributed by atoms with E-state index in [-0.39, 0.29) is 24.0 Å². The van der Waals surface area contributed by atoms with Crippen LogP contribution in [0.1, 0.15) is 27.2 Å². The van der Waals surface area contributed by atoms with Crippen LogP contribution in [-0.2, 0) is 9.53 Å². The number of carbonyl (C=O) groups is 1. The molecule has 3 heteroatoms. The van der Waals surface area contributed by atoms with Crippen LogP contribution in [-0.4, -0.2) is 24.0 Å². The molecule has 0 aromatic rings. The number of ketones is 1. The van der Waals surface area contributed by atoms with Crippen molar-refractivity contribution in [1.29, 1.82) is 0 Å². The molecule has 0 aromatic heterocycles. The van der Waals surface area contributed by atoms with Gasteiger partial charge in [0.1, 0.15) is 6.10 Å². The van der Waals surface area contributed by atoms with Gasteiger partial charge in [0.15, 0.2) is 5.78 Å². The summed E-state index contributed by atoms with van der Waals surface area (Å²) in [6.07, 6.45) is 0.639. The van der Waals surface area contributed by atoms with Crippen molar-refractivity contribution in [2.24, 2.45) is 11.7 Å². The van der Waals surface area contributed by atoms with E-state index in [0.29, 0.717) is 5.92 Å². The van der Waals surface area contributed by atoms with Crippen molar-refractivity contribution in [1.82, 2.24) is 0 Å². The van der Waals surface area contributed by atoms with Crippen molar-refractivity contribution in [2.45, 2.75) is 45.4 Å². The quantitative estimate of drug-likeness (QED) is 0.634. The summed E-state index contributed by atoms with van der Waals surface area (Å²) in [6.45, 7) is 6.01. The van der Waals surface area contributed by atoms with Gasteiger partial charge in [0.05, 0.1) is 12.1 Å². The molecule has 1 rings (SSSR count). The normalized spacial score (nSPS) is 30.4. The van der Waals surface area contributed by atoms with Crippen LogP contribution in [0.2, 0.25) is 0 Å². The maximum absolute atomic E-state index is 11.4. The van der Waals surface area contributed by atoms with Gasteiger partial charge in [-0.1, -0.05) is 13.8 Å². The van der Waals surface area contributed by atoms with Crippen LogP contribution >= 0.6 is 0 Å². The van der Waals surface area contributed by atoms with Gasteiger partial charge >= 0.3 is 0 Å². The highest BCUT2D eigenvalue weighted by Crippen LogP contribution is 2.23. The molecule has 12 heavy (non-hydrogen) atoms. The summed E-state index contributed by atoms with van der Waals surface area (Å²) in [6, 6.07) is -0.333. The van der Waals surface area contributed by atoms with Crippen molar-refractivity contribution < 1.29 is 9.53 Å². The summed E-state index contributed by atoms with van der Waals surface area (Å²) < 4.78 is 5.05. The number of hydrogen-bond donors (Lipinski definition) is 1. The Morgan fingerprint density at radius 2 is 2.08 bits per heavy atom. The Hall–Kier alpha value is -0.410. The molecular formula is C9H17NO2. The highest BCUT2D eigenvalue weighted by atomic mass is 16.6. The Balaban J connectivity index is 2.32. The van der Waals surface area contributed by atoms with Crippen molar-refractivity contribution in [2.75, 3.05) is 0 Å². The van der Waals surface area contributed by atoms with E-state index in [9.17, 15) is 4.79 Å². The number of Topliss-reactive ketones (excluding diaryl/α,β-unsaturated/α-hetero) is 1. The van der Waals surface area contributed by atoms with Gasteiger partial charge in [0.2, 0.25) is 0 Å². The Morgan fingerprint density at radius 3 is 2.42 bits per heavy atom. The fourth-order valence-corrected chi connectivity index (χ4v) is 1.32. The Kier molecular flexibility index (Phi) is 2.85. The molecule has 1 saturated heterocycles. The van der Waals surface area contributed by atoms with Crippen LogP contribution in [0.25, 0.3) is 0 Å². The van der Waals surface area contributed by atoms with E-state index in [1.807, 2.05) is 6.92 Å². The zero-order valence-corrected chi connectivity index (χ0v) is 7.91. The Morgan fingerprint density at radius 1 is 1.58 bits per heavy atom. The summed E-state index contributed by atoms with van der Waals surface area (Å²) in [4.78, 5) is 11.4. The summed E-state index contributed by atoms with van der Waals surface area (Å²) in [5.41, 5.74) is 5.69. The minimum absolute atomic E-state index is 0.0659. The van der Waals surface area contributed by atoms with Crippen molar-refractivity contribution in [3.05, 3.63) is 0 Å². The zero-order chi connectivity index (χ0) is 9.30. The summed E-state index contributed by atoms with van der Waals surface area (Å²) in [7, 11) is 0. The molecule has 0 radical (unpaired) electrons. The second-order valence-electron chi connectivity index (χ2n) is 3.90. The lowest BCUT2D eigenvalue weighted by Gasteiger charge is -2.10. The lowest BCUT2D eigenvalue weighted by atomic mass is 9.99. The second-order valence-corrected chi connectivity index (χ2v) is 3.90. The number of ether oxygens (including phenoxy) is 1. The Labute approximate surface area is 73.3 Å². The van der Waals surface area contributed by atoms with Gasteiger partial charge in [0, 0.05) is 0 Å². The van der Waals surface area contributed by atoms with E-state index in [2.05, 4.69) is 13.8 Å². The number of hydrogen-bond acceptors (Lipinski definition) is 3. The fraction of sp³-hybridized carbons (Fsp3) is 0.889. The molecule has 2 N–H and O–H groups in total. The smallest absolute Gasteiger partial charge is 0.180 e. The van der Waals surface area contributed by atoms with E-state index < -0.39 is 0 Å². The number of rotatable bonds is 4. The van der Waals surface area contributed by atoms with Crippen molar-refractivity contribution in [3.8, 4) is 0 Å². The topological polar surface area (TPSA) is 55.6 Å². The number of epoxide rings is 1. The van der Waals surface area contributed by atoms with Crippen LogP contribution in [0.15, 0.2) is 0 Å². The third-order valence-electron chi connectivity index (χ3n) is 2.08. The van der Waals surface area contributed by atoms with Crippen LogP contribution in [0.5, 0.6) is 0 Å². The third-order valence-corrected chi connectivity index (χ3v) is 2.08. The van der Waals surface area contributed by atoms with Gasteiger partial charge in [-0.2, -0.15) is 0 Å². The van der Waals surface area contributed by atoms with E-state index >= 15 is 0 Å². The highest BCUT2D eigenvalue weighted by molar-refractivity contribution is 5.90. The van der Waals surface area contributed by atoms with E-state index in [1.165, 1.54) is 0 Å². The summed E-state index contributed by atoms with van der Waals surface area (Å²) in [5, 5.41) is 0. The third kappa shape index (κ3) is 2.29. The lowest BCUT2D eigenvalue weighted by molar-refractivity contribution is -0.121. The molecule has 0 aromatic carbocycles. The molecule has 0 amide bonds. The largest absolute Gasteiger partial charge is 0.362 e. The van der Waals surface area contributed by atoms with Gasteiger partial charge in [-0.3, -0.25) is 4.79 Å². The predicted octanol–water partition coefficient (Wildman–Crippen LogP) is 0.716. The minimum atomic E-state index is -0.333. The first-order valence-electron chi connectivity index (χ1n) is 4.47. The molecule has 0 bridgehead atoms. The van der Waals surface area contributed by atoms with Gasteiger partial charge in [0.25, 0.3) is 0 Å². The molecule has 2 unspecified atom stereocenters. The van der Waals surface area contributed by atoms with Crippen molar-refractivity contribution >= 4 is 5.78 Å². The summed E-state index contributed by atoms with van der Waals surface area (Å²) in [5.74, 6) is 0.536. The van der Waals surface area contributed by atoms with Crippen LogP contribution in [0.3, 0.4) is 0 Å². The first kappa shape index (κ1) is 9.68. The first-order chi connectivity index (χ1) is 5.52. The molecule has 3 atom stereocenters. The maximum atomic E-state index is 11.4. The summed E-state index contributed by atoms with van der Waals surface area (Å²) >= 11 is 0. The average molecular weight is 171 g/mol. The van der Waals surface area contributed by atoms with Gasteiger partial charge < -0.3 is 10.5 Å². The zero-order valence-electron chi connectivity index (χ0n) is 7.91. The van der Waals surface area contributed by atoms with E-state index in [0.717, 1.165) is 6.42 Å². The Bertz CT molecular complexity index is 179. The molecular weight excluding hydrogens is 154 g/mol. The maximum Gasteiger partial charge on any atom is 0.180 e. The molecule has 1 fully saturated rings. The van der Waals surface area contributed by atoms with Crippen LogP contribution in [0, 0.1) is 5.92 Å². The lowest BCUT2D eigenvalue weighted by Crippen LogP contribution is -2.35. The van der Waals surface area contributed by atoms with Crippen LogP contribution < -0.4 is 5.73 Å². The monoisotopic (exact) mass is 171 g/mol. The molecule has 0 aliphatic carbocycles. The highest BCUT2D eigenvalue weighted by Gasteiger charge is 2.42. The molecule has 1 aliphatic rings. The fourth-order valence-electron chi connectivity index (χ4n) is 1.32. The van der Waals surface area contributed by atoms with E-state index in [4.69, 9.17) is 10.5 Å². The number of carbonyl (C=O) groups excluding carboxylic acids is 1. The minimum Gasteiger partial charge on any atom is -0.362 e. The van der Waals surface area contributed by atoms with Crippen LogP contribution in [0.4, 0.5) is 0 Å². The molecule has 70 valence electrons. The number of nitrogens with two attached hydrogens (primary N) is 1. The standard InChI is InChI=1S/C9H17NO2/c1-5(2)4-7(10)8(11)9-6(3)12-9/h5-7,9H,4,10H2,1-3H3/t6-,7?,9?/m1/s1. The molecule has 1 heterocycles. The average Bonchev–Trinajstić information content (AvgIpc) is 2.64. The molecule has 3 nitrogen and oxygen atoms in total. The molecule has 1 aliphatic heterocycles. The second kappa shape index (κ2) is 3.54.